The molecule has 0 spiro atoms. The van der Waals surface area contributed by atoms with Crippen molar-refractivity contribution in [3.63, 3.8) is 0 Å². The molecule has 0 aliphatic heterocycles. The van der Waals surface area contributed by atoms with Crippen LogP contribution in [0.5, 0.6) is 0 Å². The topological polar surface area (TPSA) is 243 Å². The van der Waals surface area contributed by atoms with Gasteiger partial charge in [-0.1, -0.05) is 48.0 Å². The van der Waals surface area contributed by atoms with Crippen LogP contribution in [0.1, 0.15) is 51.4 Å². The number of nitrogens with one attached hydrogen (secondary N) is 2. The van der Waals surface area contributed by atoms with E-state index in [1.165, 1.54) is 23.5 Å². The van der Waals surface area contributed by atoms with Crippen molar-refractivity contribution >= 4 is 80.5 Å². The van der Waals surface area contributed by atoms with E-state index in [-0.39, 0.29) is 38.0 Å². The van der Waals surface area contributed by atoms with E-state index < -0.39 is 23.9 Å². The fraction of sp³-hybridized carbons (Fsp3) is 0.667. The minimum atomic E-state index is -0.818. The SMILES string of the molecule is N.N.O=C(O)CCCNC(=S)SCCCC(=O)O.O=C(O)CCCNC(=S)SCCCC(=O)O. The highest BCUT2D eigenvalue weighted by Crippen LogP contribution is 2.07. The van der Waals surface area contributed by atoms with Crippen LogP contribution in [0.25, 0.3) is 0 Å². The minimum absolute atomic E-state index is 0. The molecule has 0 unspecified atom stereocenters. The second-order valence-corrected chi connectivity index (χ2v) is 9.66. The third kappa shape index (κ3) is 37.6. The van der Waals surface area contributed by atoms with Crippen LogP contribution in [0.2, 0.25) is 0 Å². The highest BCUT2D eigenvalue weighted by Gasteiger charge is 2.02. The molecule has 0 amide bonds. The molecule has 0 saturated carbocycles. The van der Waals surface area contributed by atoms with Crippen molar-refractivity contribution in [3.05, 3.63) is 0 Å². The van der Waals surface area contributed by atoms with Gasteiger partial charge in [-0.15, -0.1) is 0 Å². The standard InChI is InChI=1S/2C9H15NO4S2.2H3N/c2*11-7(12)3-1-5-10-9(15)16-6-2-4-8(13)14;;/h2*1-6H2,(H,10,15)(H,11,12)(H,13,14);2*1H3. The zero-order chi connectivity index (χ0) is 24.8. The van der Waals surface area contributed by atoms with Gasteiger partial charge >= 0.3 is 23.9 Å². The third-order valence-corrected chi connectivity index (χ3v) is 6.00. The molecule has 200 valence electrons. The van der Waals surface area contributed by atoms with E-state index >= 15 is 0 Å². The number of carboxylic acids is 4. The molecule has 0 aromatic carbocycles. The summed E-state index contributed by atoms with van der Waals surface area (Å²) in [5.41, 5.74) is 0. The van der Waals surface area contributed by atoms with E-state index in [0.717, 1.165) is 0 Å². The summed E-state index contributed by atoms with van der Waals surface area (Å²) in [6.07, 6.45) is 2.77. The van der Waals surface area contributed by atoms with Crippen LogP contribution in [-0.4, -0.2) is 77.5 Å². The van der Waals surface area contributed by atoms with Gasteiger partial charge in [0.1, 0.15) is 8.64 Å². The van der Waals surface area contributed by atoms with Crippen LogP contribution in [0.3, 0.4) is 0 Å². The van der Waals surface area contributed by atoms with Crippen molar-refractivity contribution in [2.75, 3.05) is 24.6 Å². The number of carboxylic acid groups (broad SMARTS) is 4. The van der Waals surface area contributed by atoms with Crippen molar-refractivity contribution < 1.29 is 39.6 Å². The molecule has 34 heavy (non-hydrogen) atoms. The Morgan fingerprint density at radius 1 is 0.559 bits per heavy atom. The van der Waals surface area contributed by atoms with Gasteiger partial charge in [0.25, 0.3) is 0 Å². The van der Waals surface area contributed by atoms with Gasteiger partial charge in [-0.2, -0.15) is 0 Å². The number of rotatable bonds is 16. The second-order valence-electron chi connectivity index (χ2n) is 6.11. The first-order valence-corrected chi connectivity index (χ1v) is 12.5. The molecule has 0 atom stereocenters. The predicted octanol–water partition coefficient (Wildman–Crippen LogP) is 2.97. The van der Waals surface area contributed by atoms with Gasteiger partial charge in [-0.05, 0) is 25.7 Å². The van der Waals surface area contributed by atoms with Gasteiger partial charge < -0.3 is 43.4 Å². The molecule has 0 saturated heterocycles. The average molecular weight is 565 g/mol. The highest BCUT2D eigenvalue weighted by molar-refractivity contribution is 8.23. The largest absolute Gasteiger partial charge is 0.481 e. The fourth-order valence-electron chi connectivity index (χ4n) is 1.74. The van der Waals surface area contributed by atoms with E-state index in [4.69, 9.17) is 44.9 Å². The Balaban J connectivity index is -0.000000250. The van der Waals surface area contributed by atoms with E-state index in [2.05, 4.69) is 10.6 Å². The van der Waals surface area contributed by atoms with Crippen molar-refractivity contribution in [2.45, 2.75) is 51.4 Å². The summed E-state index contributed by atoms with van der Waals surface area (Å²) in [5.74, 6) is -1.92. The average Bonchev–Trinajstić information content (AvgIpc) is 2.69. The summed E-state index contributed by atoms with van der Waals surface area (Å²) in [5, 5.41) is 39.4. The molecule has 0 heterocycles. The van der Waals surface area contributed by atoms with Crippen LogP contribution in [-0.2, 0) is 19.2 Å². The number of aliphatic carboxylic acids is 4. The molecule has 12 N–H and O–H groups in total. The lowest BCUT2D eigenvalue weighted by Crippen LogP contribution is -2.20. The Morgan fingerprint density at radius 2 is 0.824 bits per heavy atom. The van der Waals surface area contributed by atoms with E-state index in [1.54, 1.807) is 0 Å². The fourth-order valence-corrected chi connectivity index (χ4v) is 3.80. The van der Waals surface area contributed by atoms with Crippen molar-refractivity contribution in [1.82, 2.24) is 22.9 Å². The third-order valence-electron chi connectivity index (χ3n) is 3.21. The normalized spacial score (nSPS) is 9.18. The van der Waals surface area contributed by atoms with Gasteiger partial charge in [-0.25, -0.2) is 0 Å². The van der Waals surface area contributed by atoms with E-state index in [9.17, 15) is 19.2 Å². The number of hydrogen-bond acceptors (Lipinski definition) is 10. The van der Waals surface area contributed by atoms with E-state index in [0.29, 0.717) is 58.9 Å². The quantitative estimate of drug-likeness (QED) is 0.0991. The lowest BCUT2D eigenvalue weighted by Gasteiger charge is -2.05. The summed E-state index contributed by atoms with van der Waals surface area (Å²) < 4.78 is 1.19. The van der Waals surface area contributed by atoms with Crippen LogP contribution >= 0.6 is 48.0 Å². The molecule has 0 bridgehead atoms. The zero-order valence-corrected chi connectivity index (χ0v) is 22.2. The van der Waals surface area contributed by atoms with Crippen LogP contribution in [0, 0.1) is 0 Å². The zero-order valence-electron chi connectivity index (χ0n) is 19.0. The molecule has 0 fully saturated rings. The Hall–Kier alpha value is -1.72. The molecule has 0 aromatic rings. The van der Waals surface area contributed by atoms with Gasteiger partial charge in [0.15, 0.2) is 0 Å². The Bertz CT molecular complexity index is 527. The monoisotopic (exact) mass is 564 g/mol. The maximum absolute atomic E-state index is 10.2. The Labute approximate surface area is 218 Å². The molecule has 0 radical (unpaired) electrons. The highest BCUT2D eigenvalue weighted by atomic mass is 32.2. The first-order chi connectivity index (χ1) is 15.0. The Morgan fingerprint density at radius 3 is 1.09 bits per heavy atom. The lowest BCUT2D eigenvalue weighted by molar-refractivity contribution is -0.138. The molecule has 16 heteroatoms. The maximum Gasteiger partial charge on any atom is 0.303 e. The first-order valence-electron chi connectivity index (χ1n) is 9.73. The lowest BCUT2D eigenvalue weighted by atomic mass is 10.3. The molecule has 0 aromatic heterocycles. The molecule has 0 aliphatic rings. The molecular weight excluding hydrogens is 528 g/mol. The van der Waals surface area contributed by atoms with Crippen LogP contribution in [0.15, 0.2) is 0 Å². The number of thioether (sulfide) groups is 2. The summed E-state index contributed by atoms with van der Waals surface area (Å²) >= 11 is 12.7. The first kappa shape index (κ1) is 39.5. The molecule has 0 aliphatic carbocycles. The van der Waals surface area contributed by atoms with Crippen molar-refractivity contribution in [3.8, 4) is 0 Å². The van der Waals surface area contributed by atoms with E-state index in [1.807, 2.05) is 0 Å². The van der Waals surface area contributed by atoms with Crippen molar-refractivity contribution in [1.29, 1.82) is 0 Å². The minimum Gasteiger partial charge on any atom is -0.481 e. The smallest absolute Gasteiger partial charge is 0.303 e. The number of carbonyl (C=O) groups is 4. The summed E-state index contributed by atoms with van der Waals surface area (Å²) in [4.78, 5) is 40.8. The van der Waals surface area contributed by atoms with Crippen LogP contribution in [0.4, 0.5) is 0 Å². The summed E-state index contributed by atoms with van der Waals surface area (Å²) in [7, 11) is 0. The summed E-state index contributed by atoms with van der Waals surface area (Å²) in [6.45, 7) is 1.08. The number of thiocarbonyl (C=S) groups is 2. The molecule has 12 nitrogen and oxygen atoms in total. The Kier molecular flexibility index (Phi) is 32.0. The molecular formula is C18H36N4O8S4. The van der Waals surface area contributed by atoms with Gasteiger partial charge in [-0.3, -0.25) is 19.2 Å². The number of hydrogen-bond donors (Lipinski definition) is 8. The van der Waals surface area contributed by atoms with Gasteiger partial charge in [0, 0.05) is 50.3 Å². The summed E-state index contributed by atoms with van der Waals surface area (Å²) in [6, 6.07) is 0. The molecule has 0 rings (SSSR count). The van der Waals surface area contributed by atoms with Gasteiger partial charge in [0.05, 0.1) is 0 Å². The van der Waals surface area contributed by atoms with Crippen molar-refractivity contribution in [2.24, 2.45) is 0 Å². The van der Waals surface area contributed by atoms with Crippen LogP contribution < -0.4 is 22.9 Å². The maximum atomic E-state index is 10.2. The van der Waals surface area contributed by atoms with Gasteiger partial charge in [0.2, 0.25) is 0 Å². The second kappa shape index (κ2) is 27.5. The predicted molar refractivity (Wildman–Crippen MR) is 144 cm³/mol.